The maximum atomic E-state index is 14.4. The Morgan fingerprint density at radius 3 is 2.50 bits per heavy atom. The molecule has 1 saturated heterocycles. The Bertz CT molecular complexity index is 825. The number of hydrogen-bond donors (Lipinski definition) is 2. The predicted octanol–water partition coefficient (Wildman–Crippen LogP) is 3.99. The quantitative estimate of drug-likeness (QED) is 0.751. The van der Waals surface area contributed by atoms with Gasteiger partial charge in [0.15, 0.2) is 0 Å². The average Bonchev–Trinajstić information content (AvgIpc) is 3.21. The summed E-state index contributed by atoms with van der Waals surface area (Å²) in [7, 11) is 3.06. The molecule has 1 heterocycles. The molecule has 0 aromatic heterocycles. The van der Waals surface area contributed by atoms with Crippen molar-refractivity contribution in [3.05, 3.63) is 47.3 Å². The summed E-state index contributed by atoms with van der Waals surface area (Å²) in [6.45, 7) is 3.16. The summed E-state index contributed by atoms with van der Waals surface area (Å²) in [5, 5.41) is 5.76. The largest absolute Gasteiger partial charge is 0.496 e. The van der Waals surface area contributed by atoms with Gasteiger partial charge in [-0.1, -0.05) is 0 Å². The molecule has 0 aliphatic carbocycles. The van der Waals surface area contributed by atoms with Crippen LogP contribution < -0.4 is 20.1 Å². The maximum absolute atomic E-state index is 14.4. The van der Waals surface area contributed by atoms with Gasteiger partial charge in [0, 0.05) is 30.0 Å². The molecule has 150 valence electrons. The molecule has 1 atom stereocenters. The molecule has 0 bridgehead atoms. The Labute approximate surface area is 164 Å². The van der Waals surface area contributed by atoms with Crippen LogP contribution in [0, 0.1) is 12.7 Å². The fourth-order valence-corrected chi connectivity index (χ4v) is 3.19. The molecule has 1 aliphatic rings. The number of ether oxygens (including phenoxy) is 3. The number of carbonyl (C=O) groups excluding carboxylic acids is 1. The van der Waals surface area contributed by atoms with Crippen molar-refractivity contribution >= 4 is 17.3 Å². The van der Waals surface area contributed by atoms with E-state index in [4.69, 9.17) is 14.2 Å². The lowest BCUT2D eigenvalue weighted by Crippen LogP contribution is -2.19. The fourth-order valence-electron chi connectivity index (χ4n) is 3.19. The molecule has 3 rings (SSSR count). The van der Waals surface area contributed by atoms with Gasteiger partial charge in [0.25, 0.3) is 5.91 Å². The molecule has 2 aromatic carbocycles. The zero-order valence-corrected chi connectivity index (χ0v) is 16.3. The minimum Gasteiger partial charge on any atom is -0.496 e. The Morgan fingerprint density at radius 1 is 1.21 bits per heavy atom. The van der Waals surface area contributed by atoms with Crippen LogP contribution in [-0.2, 0) is 4.74 Å². The molecule has 0 spiro atoms. The van der Waals surface area contributed by atoms with Crippen molar-refractivity contribution < 1.29 is 23.4 Å². The minimum absolute atomic E-state index is 0.116. The van der Waals surface area contributed by atoms with Crippen LogP contribution in [0.5, 0.6) is 11.5 Å². The van der Waals surface area contributed by atoms with Gasteiger partial charge in [0.1, 0.15) is 17.3 Å². The molecule has 28 heavy (non-hydrogen) atoms. The van der Waals surface area contributed by atoms with E-state index in [-0.39, 0.29) is 12.0 Å². The highest BCUT2D eigenvalue weighted by Gasteiger charge is 2.17. The first-order chi connectivity index (χ1) is 13.5. The highest BCUT2D eigenvalue weighted by molar-refractivity contribution is 6.05. The van der Waals surface area contributed by atoms with Crippen molar-refractivity contribution in [1.29, 1.82) is 0 Å². The van der Waals surface area contributed by atoms with E-state index in [0.29, 0.717) is 35.0 Å². The van der Waals surface area contributed by atoms with Crippen LogP contribution in [0.15, 0.2) is 30.3 Å². The van der Waals surface area contributed by atoms with E-state index in [1.165, 1.54) is 20.3 Å². The number of nitrogens with one attached hydrogen (secondary N) is 2. The van der Waals surface area contributed by atoms with Gasteiger partial charge in [-0.15, -0.1) is 0 Å². The van der Waals surface area contributed by atoms with E-state index in [0.717, 1.165) is 25.0 Å². The normalized spacial score (nSPS) is 15.9. The lowest BCUT2D eigenvalue weighted by Gasteiger charge is -2.14. The second-order valence-electron chi connectivity index (χ2n) is 6.67. The first kappa shape index (κ1) is 19.9. The van der Waals surface area contributed by atoms with Crippen molar-refractivity contribution in [3.8, 4) is 11.5 Å². The molecular weight excluding hydrogens is 363 g/mol. The zero-order valence-electron chi connectivity index (χ0n) is 16.3. The minimum atomic E-state index is -0.435. The van der Waals surface area contributed by atoms with Gasteiger partial charge in [0.05, 0.1) is 26.0 Å². The summed E-state index contributed by atoms with van der Waals surface area (Å²) in [4.78, 5) is 12.6. The van der Waals surface area contributed by atoms with E-state index in [1.807, 2.05) is 6.92 Å². The number of hydrogen-bond acceptors (Lipinski definition) is 5. The number of anilines is 2. The summed E-state index contributed by atoms with van der Waals surface area (Å²) >= 11 is 0. The predicted molar refractivity (Wildman–Crippen MR) is 106 cm³/mol. The van der Waals surface area contributed by atoms with Crippen LogP contribution in [-0.4, -0.2) is 39.4 Å². The van der Waals surface area contributed by atoms with E-state index in [9.17, 15) is 9.18 Å². The lowest BCUT2D eigenvalue weighted by atomic mass is 10.1. The van der Waals surface area contributed by atoms with Crippen molar-refractivity contribution in [2.24, 2.45) is 0 Å². The van der Waals surface area contributed by atoms with Gasteiger partial charge < -0.3 is 24.8 Å². The Kier molecular flexibility index (Phi) is 6.36. The summed E-state index contributed by atoms with van der Waals surface area (Å²) in [5.41, 5.74) is 1.91. The molecule has 1 aliphatic heterocycles. The van der Waals surface area contributed by atoms with Crippen molar-refractivity contribution in [2.75, 3.05) is 38.0 Å². The van der Waals surface area contributed by atoms with E-state index in [1.54, 1.807) is 24.3 Å². The van der Waals surface area contributed by atoms with Gasteiger partial charge in [-0.25, -0.2) is 4.39 Å². The third-order valence-corrected chi connectivity index (χ3v) is 4.79. The number of amides is 1. The van der Waals surface area contributed by atoms with Crippen LogP contribution in [0.4, 0.5) is 15.8 Å². The maximum Gasteiger partial charge on any atom is 0.255 e. The first-order valence-electron chi connectivity index (χ1n) is 9.21. The molecule has 0 saturated carbocycles. The smallest absolute Gasteiger partial charge is 0.255 e. The van der Waals surface area contributed by atoms with Crippen molar-refractivity contribution in [2.45, 2.75) is 25.9 Å². The van der Waals surface area contributed by atoms with E-state index in [2.05, 4.69) is 10.6 Å². The molecule has 0 radical (unpaired) electrons. The Morgan fingerprint density at radius 2 is 1.93 bits per heavy atom. The number of carbonyl (C=O) groups is 1. The molecule has 2 aromatic rings. The van der Waals surface area contributed by atoms with Crippen LogP contribution in [0.2, 0.25) is 0 Å². The molecule has 7 heteroatoms. The highest BCUT2D eigenvalue weighted by Crippen LogP contribution is 2.30. The number of benzene rings is 2. The number of methoxy groups -OCH3 is 2. The second-order valence-corrected chi connectivity index (χ2v) is 6.67. The summed E-state index contributed by atoms with van der Waals surface area (Å²) in [6.07, 6.45) is 2.13. The molecule has 1 fully saturated rings. The second kappa shape index (κ2) is 8.93. The molecule has 1 unspecified atom stereocenters. The van der Waals surface area contributed by atoms with E-state index >= 15 is 0 Å². The fraction of sp³-hybridized carbons (Fsp3) is 0.381. The van der Waals surface area contributed by atoms with Crippen molar-refractivity contribution in [3.63, 3.8) is 0 Å². The molecule has 2 N–H and O–H groups in total. The average molecular weight is 388 g/mol. The highest BCUT2D eigenvalue weighted by atomic mass is 19.1. The topological polar surface area (TPSA) is 68.8 Å². The zero-order chi connectivity index (χ0) is 20.1. The first-order valence-corrected chi connectivity index (χ1v) is 9.21. The summed E-state index contributed by atoms with van der Waals surface area (Å²) in [5.74, 6) is 0.277. The third kappa shape index (κ3) is 4.54. The van der Waals surface area contributed by atoms with Crippen LogP contribution >= 0.6 is 0 Å². The number of halogens is 1. The van der Waals surface area contributed by atoms with Crippen LogP contribution in [0.1, 0.15) is 28.8 Å². The molecule has 1 amide bonds. The summed E-state index contributed by atoms with van der Waals surface area (Å²) in [6, 6.07) is 7.80. The van der Waals surface area contributed by atoms with Gasteiger partial charge in [-0.05, 0) is 50.1 Å². The van der Waals surface area contributed by atoms with Gasteiger partial charge in [0.2, 0.25) is 0 Å². The van der Waals surface area contributed by atoms with Crippen LogP contribution in [0.3, 0.4) is 0 Å². The van der Waals surface area contributed by atoms with E-state index < -0.39 is 5.82 Å². The Hall–Kier alpha value is -2.80. The van der Waals surface area contributed by atoms with Gasteiger partial charge in [-0.3, -0.25) is 4.79 Å². The van der Waals surface area contributed by atoms with Crippen molar-refractivity contribution in [1.82, 2.24) is 0 Å². The third-order valence-electron chi connectivity index (χ3n) is 4.79. The number of rotatable bonds is 7. The van der Waals surface area contributed by atoms with Crippen LogP contribution in [0.25, 0.3) is 0 Å². The molecular formula is C21H25FN2O4. The standard InChI is InChI=1S/C21H25FN2O4/c1-13-19(26-2)9-14(10-20(13)27-3)21(25)24-15-6-7-18(17(22)11-15)23-12-16-5-4-8-28-16/h6-7,9-11,16,23H,4-5,8,12H2,1-3H3,(H,24,25). The molecule has 6 nitrogen and oxygen atoms in total. The lowest BCUT2D eigenvalue weighted by molar-refractivity contribution is 0.102. The van der Waals surface area contributed by atoms with Gasteiger partial charge >= 0.3 is 0 Å². The van der Waals surface area contributed by atoms with Gasteiger partial charge in [-0.2, -0.15) is 0 Å². The monoisotopic (exact) mass is 388 g/mol. The summed E-state index contributed by atoms with van der Waals surface area (Å²) < 4.78 is 30.5. The SMILES string of the molecule is COc1cc(C(=O)Nc2ccc(NCC3CCCO3)c(F)c2)cc(OC)c1C. The Balaban J connectivity index is 1.69.